The topological polar surface area (TPSA) is 89.2 Å². The van der Waals surface area contributed by atoms with Crippen LogP contribution in [0.15, 0.2) is 40.5 Å². The molecular formula is C17H18N4O3S. The number of thiazole rings is 1. The molecule has 0 aliphatic heterocycles. The van der Waals surface area contributed by atoms with Gasteiger partial charge in [-0.2, -0.15) is 0 Å². The lowest BCUT2D eigenvalue weighted by Gasteiger charge is -2.07. The molecule has 3 heterocycles. The van der Waals surface area contributed by atoms with E-state index in [1.54, 1.807) is 30.7 Å². The maximum Gasteiger partial charge on any atom is 0.253 e. The van der Waals surface area contributed by atoms with Crippen molar-refractivity contribution < 1.29 is 14.0 Å². The lowest BCUT2D eigenvalue weighted by Crippen LogP contribution is -2.36. The lowest BCUT2D eigenvalue weighted by atomic mass is 10.2. The van der Waals surface area contributed by atoms with E-state index in [4.69, 9.17) is 4.42 Å². The van der Waals surface area contributed by atoms with Crippen molar-refractivity contribution in [1.29, 1.82) is 0 Å². The molecule has 0 fully saturated rings. The molecule has 0 saturated carbocycles. The summed E-state index contributed by atoms with van der Waals surface area (Å²) in [6.07, 6.45) is 3.27. The first-order valence-corrected chi connectivity index (χ1v) is 8.60. The second kappa shape index (κ2) is 7.35. The number of nitrogens with zero attached hydrogens (tertiary/aromatic N) is 2. The van der Waals surface area contributed by atoms with Gasteiger partial charge < -0.3 is 15.1 Å². The highest BCUT2D eigenvalue weighted by Crippen LogP contribution is 2.22. The van der Waals surface area contributed by atoms with Gasteiger partial charge in [0.15, 0.2) is 5.13 Å². The summed E-state index contributed by atoms with van der Waals surface area (Å²) in [4.78, 5) is 28.5. The molecule has 0 saturated heterocycles. The summed E-state index contributed by atoms with van der Waals surface area (Å²) < 4.78 is 7.06. The van der Waals surface area contributed by atoms with Crippen molar-refractivity contribution in [2.24, 2.45) is 0 Å². The summed E-state index contributed by atoms with van der Waals surface area (Å²) >= 11 is 1.50. The highest BCUT2D eigenvalue weighted by atomic mass is 32.1. The average Bonchev–Trinajstić information content (AvgIpc) is 3.32. The van der Waals surface area contributed by atoms with Gasteiger partial charge in [-0.25, -0.2) is 4.98 Å². The minimum atomic E-state index is -0.288. The quantitative estimate of drug-likeness (QED) is 0.707. The number of nitrogens with one attached hydrogen (secondary N) is 2. The molecule has 3 rings (SSSR count). The minimum Gasteiger partial charge on any atom is -0.467 e. The Balaban J connectivity index is 1.60. The fourth-order valence-electron chi connectivity index (χ4n) is 2.53. The summed E-state index contributed by atoms with van der Waals surface area (Å²) in [5.41, 5.74) is 2.24. The first-order chi connectivity index (χ1) is 12.1. The maximum atomic E-state index is 12.4. The number of aryl methyl sites for hydroxylation is 1. The van der Waals surface area contributed by atoms with Crippen LogP contribution < -0.4 is 10.6 Å². The molecule has 0 unspecified atom stereocenters. The van der Waals surface area contributed by atoms with E-state index in [9.17, 15) is 9.59 Å². The molecule has 0 aliphatic carbocycles. The van der Waals surface area contributed by atoms with E-state index >= 15 is 0 Å². The van der Waals surface area contributed by atoms with Gasteiger partial charge in [0, 0.05) is 23.0 Å². The number of rotatable bonds is 6. The van der Waals surface area contributed by atoms with Crippen molar-refractivity contribution >= 4 is 23.2 Å². The molecule has 3 aromatic rings. The van der Waals surface area contributed by atoms with Gasteiger partial charge in [-0.3, -0.25) is 14.2 Å². The van der Waals surface area contributed by atoms with Crippen LogP contribution in [0.2, 0.25) is 0 Å². The van der Waals surface area contributed by atoms with Crippen LogP contribution in [0.4, 0.5) is 0 Å². The van der Waals surface area contributed by atoms with Crippen LogP contribution >= 0.6 is 11.3 Å². The number of hydrogen-bond acceptors (Lipinski definition) is 5. The van der Waals surface area contributed by atoms with Crippen molar-refractivity contribution in [1.82, 2.24) is 20.2 Å². The van der Waals surface area contributed by atoms with Gasteiger partial charge in [0.25, 0.3) is 5.91 Å². The van der Waals surface area contributed by atoms with Crippen molar-refractivity contribution in [3.05, 3.63) is 58.8 Å². The van der Waals surface area contributed by atoms with E-state index in [2.05, 4.69) is 15.6 Å². The van der Waals surface area contributed by atoms with E-state index < -0.39 is 0 Å². The van der Waals surface area contributed by atoms with E-state index in [0.29, 0.717) is 17.9 Å². The predicted octanol–water partition coefficient (Wildman–Crippen LogP) is 2.19. The van der Waals surface area contributed by atoms with Crippen LogP contribution in [0.5, 0.6) is 0 Å². The van der Waals surface area contributed by atoms with Crippen molar-refractivity contribution in [2.45, 2.75) is 20.4 Å². The van der Waals surface area contributed by atoms with Gasteiger partial charge in [-0.1, -0.05) is 0 Å². The van der Waals surface area contributed by atoms with Gasteiger partial charge in [0.2, 0.25) is 5.91 Å². The minimum absolute atomic E-state index is 0.0968. The normalized spacial score (nSPS) is 10.6. The fourth-order valence-corrected chi connectivity index (χ4v) is 3.28. The second-order valence-electron chi connectivity index (χ2n) is 5.47. The Labute approximate surface area is 148 Å². The summed E-state index contributed by atoms with van der Waals surface area (Å²) in [5.74, 6) is 0.0919. The number of carbonyl (C=O) groups excluding carboxylic acids is 2. The largest absolute Gasteiger partial charge is 0.467 e. The highest BCUT2D eigenvalue weighted by molar-refractivity contribution is 7.12. The van der Waals surface area contributed by atoms with Crippen molar-refractivity contribution in [3.8, 4) is 5.13 Å². The summed E-state index contributed by atoms with van der Waals surface area (Å²) in [6, 6.07) is 5.32. The third kappa shape index (κ3) is 3.80. The molecule has 0 aliphatic rings. The molecule has 0 aromatic carbocycles. The van der Waals surface area contributed by atoms with Crippen molar-refractivity contribution in [3.63, 3.8) is 0 Å². The molecule has 7 nitrogen and oxygen atoms in total. The van der Waals surface area contributed by atoms with Gasteiger partial charge in [-0.15, -0.1) is 11.3 Å². The molecule has 2 N–H and O–H groups in total. The van der Waals surface area contributed by atoms with Crippen LogP contribution in [0.25, 0.3) is 5.13 Å². The second-order valence-corrected chi connectivity index (χ2v) is 6.35. The Morgan fingerprint density at radius 1 is 1.32 bits per heavy atom. The number of carbonyl (C=O) groups is 2. The molecule has 0 spiro atoms. The van der Waals surface area contributed by atoms with Gasteiger partial charge in [0.05, 0.1) is 24.9 Å². The van der Waals surface area contributed by atoms with Gasteiger partial charge in [-0.05, 0) is 32.0 Å². The lowest BCUT2D eigenvalue weighted by molar-refractivity contribution is -0.120. The maximum absolute atomic E-state index is 12.4. The molecule has 8 heteroatoms. The Hall–Kier alpha value is -2.87. The van der Waals surface area contributed by atoms with Crippen LogP contribution in [0, 0.1) is 13.8 Å². The number of hydrogen-bond donors (Lipinski definition) is 2. The van der Waals surface area contributed by atoms with E-state index in [0.717, 1.165) is 16.5 Å². The number of aromatic nitrogens is 2. The van der Waals surface area contributed by atoms with Gasteiger partial charge in [0.1, 0.15) is 5.76 Å². The molecular weight excluding hydrogens is 340 g/mol. The third-order valence-electron chi connectivity index (χ3n) is 3.74. The monoisotopic (exact) mass is 358 g/mol. The third-order valence-corrected chi connectivity index (χ3v) is 4.49. The number of amides is 2. The van der Waals surface area contributed by atoms with Crippen LogP contribution in [0.1, 0.15) is 27.5 Å². The summed E-state index contributed by atoms with van der Waals surface area (Å²) in [6.45, 7) is 3.97. The molecule has 3 aromatic heterocycles. The fraction of sp³-hybridized carbons (Fsp3) is 0.235. The van der Waals surface area contributed by atoms with E-state index in [-0.39, 0.29) is 18.4 Å². The standard InChI is InChI=1S/C17H18N4O3S/c1-11-8-14(12(2)21(11)17-18-5-7-25-17)16(23)20-10-15(22)19-9-13-4-3-6-24-13/h3-8H,9-10H2,1-2H3,(H,19,22)(H,20,23). The van der Waals surface area contributed by atoms with Crippen LogP contribution in [-0.2, 0) is 11.3 Å². The van der Waals surface area contributed by atoms with Crippen molar-refractivity contribution in [2.75, 3.05) is 6.54 Å². The first kappa shape index (κ1) is 17.0. The van der Waals surface area contributed by atoms with Gasteiger partial charge >= 0.3 is 0 Å². The number of furan rings is 1. The zero-order valence-corrected chi connectivity index (χ0v) is 14.7. The molecule has 2 amide bonds. The smallest absolute Gasteiger partial charge is 0.253 e. The molecule has 130 valence electrons. The van der Waals surface area contributed by atoms with E-state index in [1.807, 2.05) is 23.8 Å². The zero-order valence-electron chi connectivity index (χ0n) is 13.9. The molecule has 0 radical (unpaired) electrons. The van der Waals surface area contributed by atoms with Crippen LogP contribution in [-0.4, -0.2) is 27.9 Å². The SMILES string of the molecule is Cc1cc(C(=O)NCC(=O)NCc2ccco2)c(C)n1-c1nccs1. The summed E-state index contributed by atoms with van der Waals surface area (Å²) in [7, 11) is 0. The predicted molar refractivity (Wildman–Crippen MR) is 93.8 cm³/mol. The Bertz CT molecular complexity index is 866. The zero-order chi connectivity index (χ0) is 17.8. The average molecular weight is 358 g/mol. The molecule has 0 atom stereocenters. The molecule has 25 heavy (non-hydrogen) atoms. The Morgan fingerprint density at radius 2 is 2.16 bits per heavy atom. The summed E-state index contributed by atoms with van der Waals surface area (Å²) in [5, 5.41) is 8.02. The Morgan fingerprint density at radius 3 is 2.84 bits per heavy atom. The van der Waals surface area contributed by atoms with Crippen LogP contribution in [0.3, 0.4) is 0 Å². The Kier molecular flexibility index (Phi) is 4.99. The van der Waals surface area contributed by atoms with E-state index in [1.165, 1.54) is 11.3 Å². The molecule has 0 bridgehead atoms. The highest BCUT2D eigenvalue weighted by Gasteiger charge is 2.18. The first-order valence-electron chi connectivity index (χ1n) is 7.72.